The largest absolute Gasteiger partial charge is 0.354 e. The Bertz CT molecular complexity index is 432. The summed E-state index contributed by atoms with van der Waals surface area (Å²) in [4.78, 5) is 11.9. The quantitative estimate of drug-likeness (QED) is 0.898. The number of nitrogens with one attached hydrogen (secondary N) is 1. The van der Waals surface area contributed by atoms with E-state index in [1.807, 2.05) is 20.8 Å². The highest BCUT2D eigenvalue weighted by Gasteiger charge is 2.26. The molecule has 0 bridgehead atoms. The van der Waals surface area contributed by atoms with Crippen LogP contribution in [0.3, 0.4) is 0 Å². The van der Waals surface area contributed by atoms with Crippen LogP contribution in [0.5, 0.6) is 0 Å². The normalized spacial score (nSPS) is 12.5. The molecule has 0 aromatic heterocycles. The van der Waals surface area contributed by atoms with Crippen molar-refractivity contribution in [1.29, 1.82) is 0 Å². The Hall–Kier alpha value is -1.06. The Labute approximate surface area is 128 Å². The zero-order valence-corrected chi connectivity index (χ0v) is 13.9. The topological polar surface area (TPSA) is 55.1 Å². The van der Waals surface area contributed by atoms with Gasteiger partial charge in [0, 0.05) is 6.54 Å². The zero-order valence-electron chi connectivity index (χ0n) is 13.1. The molecule has 0 fully saturated rings. The molecule has 1 amide bonds. The van der Waals surface area contributed by atoms with Crippen molar-refractivity contribution >= 4 is 18.3 Å². The maximum Gasteiger partial charge on any atom is 0.237 e. The molecule has 114 valence electrons. The third-order valence-electron chi connectivity index (χ3n) is 3.53. The maximum absolute atomic E-state index is 11.9. The number of hydrogen-bond acceptors (Lipinski definition) is 2. The molecule has 0 aliphatic heterocycles. The second-order valence-electron chi connectivity index (χ2n) is 6.26. The number of benzene rings is 1. The van der Waals surface area contributed by atoms with Crippen LogP contribution in [0, 0.1) is 19.3 Å². The van der Waals surface area contributed by atoms with E-state index in [1.165, 1.54) is 16.7 Å². The molecule has 1 atom stereocenters. The van der Waals surface area contributed by atoms with Crippen molar-refractivity contribution in [1.82, 2.24) is 5.32 Å². The summed E-state index contributed by atoms with van der Waals surface area (Å²) < 4.78 is 0. The Kier molecular flexibility index (Phi) is 7.25. The van der Waals surface area contributed by atoms with Crippen LogP contribution in [0.2, 0.25) is 0 Å². The van der Waals surface area contributed by atoms with Crippen molar-refractivity contribution in [2.24, 2.45) is 11.1 Å². The van der Waals surface area contributed by atoms with E-state index in [9.17, 15) is 4.79 Å². The molecule has 0 heterocycles. The highest BCUT2D eigenvalue weighted by Crippen LogP contribution is 2.17. The van der Waals surface area contributed by atoms with E-state index < -0.39 is 6.04 Å². The van der Waals surface area contributed by atoms with Gasteiger partial charge in [-0.3, -0.25) is 4.79 Å². The number of aryl methyl sites for hydroxylation is 2. The molecule has 0 unspecified atom stereocenters. The van der Waals surface area contributed by atoms with E-state index in [4.69, 9.17) is 5.73 Å². The standard InChI is InChI=1S/C16H26N2O.ClH/c1-11-7-6-8-12(2)13(11)9-10-18-15(19)14(17)16(3,4)5;/h6-8,14H,9-10,17H2,1-5H3,(H,18,19);1H/t14-;/m1./s1. The second-order valence-corrected chi connectivity index (χ2v) is 6.26. The first-order chi connectivity index (χ1) is 8.73. The predicted molar refractivity (Wildman–Crippen MR) is 87.3 cm³/mol. The van der Waals surface area contributed by atoms with Gasteiger partial charge in [-0.05, 0) is 42.4 Å². The highest BCUT2D eigenvalue weighted by molar-refractivity contribution is 5.85. The summed E-state index contributed by atoms with van der Waals surface area (Å²) in [6, 6.07) is 5.80. The molecular weight excluding hydrogens is 272 g/mol. The third-order valence-corrected chi connectivity index (χ3v) is 3.53. The summed E-state index contributed by atoms with van der Waals surface area (Å²) in [5.41, 5.74) is 9.57. The third kappa shape index (κ3) is 5.14. The summed E-state index contributed by atoms with van der Waals surface area (Å²) in [6.45, 7) is 10.8. The number of halogens is 1. The van der Waals surface area contributed by atoms with Gasteiger partial charge in [-0.15, -0.1) is 12.4 Å². The molecule has 1 rings (SSSR count). The Morgan fingerprint density at radius 1 is 1.25 bits per heavy atom. The average molecular weight is 299 g/mol. The number of nitrogens with two attached hydrogens (primary N) is 1. The van der Waals surface area contributed by atoms with Gasteiger partial charge in [-0.25, -0.2) is 0 Å². The van der Waals surface area contributed by atoms with Gasteiger partial charge in [0.2, 0.25) is 5.91 Å². The van der Waals surface area contributed by atoms with Gasteiger partial charge in [-0.2, -0.15) is 0 Å². The van der Waals surface area contributed by atoms with Gasteiger partial charge >= 0.3 is 0 Å². The van der Waals surface area contributed by atoms with Gasteiger partial charge in [0.1, 0.15) is 0 Å². The molecule has 20 heavy (non-hydrogen) atoms. The van der Waals surface area contributed by atoms with E-state index in [2.05, 4.69) is 37.4 Å². The SMILES string of the molecule is Cc1cccc(C)c1CCNC(=O)[C@@H](N)C(C)(C)C.Cl. The molecule has 0 saturated carbocycles. The number of carbonyl (C=O) groups excluding carboxylic acids is 1. The molecule has 0 saturated heterocycles. The fourth-order valence-corrected chi connectivity index (χ4v) is 2.06. The molecule has 1 aromatic carbocycles. The maximum atomic E-state index is 11.9. The van der Waals surface area contributed by atoms with Crippen molar-refractivity contribution in [2.75, 3.05) is 6.54 Å². The van der Waals surface area contributed by atoms with Crippen molar-refractivity contribution in [3.63, 3.8) is 0 Å². The molecule has 3 nitrogen and oxygen atoms in total. The molecule has 4 heteroatoms. The Morgan fingerprint density at radius 2 is 1.75 bits per heavy atom. The first kappa shape index (κ1) is 18.9. The summed E-state index contributed by atoms with van der Waals surface area (Å²) in [7, 11) is 0. The number of amides is 1. The summed E-state index contributed by atoms with van der Waals surface area (Å²) >= 11 is 0. The average Bonchev–Trinajstić information content (AvgIpc) is 2.30. The van der Waals surface area contributed by atoms with Crippen LogP contribution in [-0.2, 0) is 11.2 Å². The zero-order chi connectivity index (χ0) is 14.6. The van der Waals surface area contributed by atoms with E-state index in [0.717, 1.165) is 6.42 Å². The molecular formula is C16H27ClN2O. The van der Waals surface area contributed by atoms with E-state index in [1.54, 1.807) is 0 Å². The fraction of sp³-hybridized carbons (Fsp3) is 0.562. The van der Waals surface area contributed by atoms with Crippen LogP contribution in [0.15, 0.2) is 18.2 Å². The first-order valence-electron chi connectivity index (χ1n) is 6.82. The van der Waals surface area contributed by atoms with Crippen LogP contribution in [-0.4, -0.2) is 18.5 Å². The fourth-order valence-electron chi connectivity index (χ4n) is 2.06. The van der Waals surface area contributed by atoms with Gasteiger partial charge in [0.25, 0.3) is 0 Å². The summed E-state index contributed by atoms with van der Waals surface area (Å²) in [5, 5.41) is 2.93. The lowest BCUT2D eigenvalue weighted by Crippen LogP contribution is -2.49. The van der Waals surface area contributed by atoms with Crippen LogP contribution in [0.25, 0.3) is 0 Å². The van der Waals surface area contributed by atoms with Crippen LogP contribution in [0.4, 0.5) is 0 Å². The summed E-state index contributed by atoms with van der Waals surface area (Å²) in [5.74, 6) is -0.0706. The van der Waals surface area contributed by atoms with Crippen molar-refractivity contribution in [3.8, 4) is 0 Å². The van der Waals surface area contributed by atoms with E-state index in [0.29, 0.717) is 6.54 Å². The molecule has 0 radical (unpaired) electrons. The minimum absolute atomic E-state index is 0. The molecule has 1 aromatic rings. The van der Waals surface area contributed by atoms with Gasteiger partial charge in [0.05, 0.1) is 6.04 Å². The predicted octanol–water partition coefficient (Wildman–Crippen LogP) is 2.76. The molecule has 0 aliphatic carbocycles. The molecule has 3 N–H and O–H groups in total. The lowest BCUT2D eigenvalue weighted by Gasteiger charge is -2.25. The molecule has 0 aliphatic rings. The second kappa shape index (κ2) is 7.65. The van der Waals surface area contributed by atoms with Crippen molar-refractivity contribution in [3.05, 3.63) is 34.9 Å². The van der Waals surface area contributed by atoms with E-state index in [-0.39, 0.29) is 23.7 Å². The number of hydrogen-bond donors (Lipinski definition) is 2. The van der Waals surface area contributed by atoms with Gasteiger partial charge in [-0.1, -0.05) is 39.0 Å². The minimum Gasteiger partial charge on any atom is -0.354 e. The van der Waals surface area contributed by atoms with Crippen molar-refractivity contribution < 1.29 is 4.79 Å². The van der Waals surface area contributed by atoms with Crippen molar-refractivity contribution in [2.45, 2.75) is 47.1 Å². The first-order valence-corrected chi connectivity index (χ1v) is 6.82. The Balaban J connectivity index is 0.00000361. The van der Waals surface area contributed by atoms with Crippen LogP contribution in [0.1, 0.15) is 37.5 Å². The Morgan fingerprint density at radius 3 is 2.20 bits per heavy atom. The minimum atomic E-state index is -0.467. The van der Waals surface area contributed by atoms with Crippen LogP contribution < -0.4 is 11.1 Å². The number of carbonyl (C=O) groups is 1. The smallest absolute Gasteiger partial charge is 0.237 e. The monoisotopic (exact) mass is 298 g/mol. The number of rotatable bonds is 4. The summed E-state index contributed by atoms with van der Waals surface area (Å²) in [6.07, 6.45) is 0.848. The molecule has 0 spiro atoms. The highest BCUT2D eigenvalue weighted by atomic mass is 35.5. The lowest BCUT2D eigenvalue weighted by molar-refractivity contribution is -0.124. The van der Waals surface area contributed by atoms with Gasteiger partial charge in [0.15, 0.2) is 0 Å². The van der Waals surface area contributed by atoms with Gasteiger partial charge < -0.3 is 11.1 Å². The lowest BCUT2D eigenvalue weighted by atomic mass is 9.87. The van der Waals surface area contributed by atoms with E-state index >= 15 is 0 Å². The van der Waals surface area contributed by atoms with Crippen LogP contribution >= 0.6 is 12.4 Å².